The molecule has 1 aliphatic rings. The molecule has 94 valence electrons. The molecule has 0 fully saturated rings. The van der Waals surface area contributed by atoms with Crippen LogP contribution >= 0.6 is 0 Å². The molecule has 1 heterocycles. The lowest BCUT2D eigenvalue weighted by Crippen LogP contribution is -2.23. The second-order valence-electron chi connectivity index (χ2n) is 4.09. The molecule has 17 heavy (non-hydrogen) atoms. The van der Waals surface area contributed by atoms with Crippen LogP contribution in [0.4, 0.5) is 8.78 Å². The molecule has 0 saturated carbocycles. The Labute approximate surface area is 98.8 Å². The number of hydrogen-bond donors (Lipinski definition) is 1. The fraction of sp³-hybridized carbons (Fsp3) is 0.455. The molecular formula is C11H13F2NO2S. The van der Waals surface area contributed by atoms with E-state index < -0.39 is 27.5 Å². The van der Waals surface area contributed by atoms with Crippen molar-refractivity contribution in [2.45, 2.75) is 24.3 Å². The Kier molecular flexibility index (Phi) is 3.18. The second-order valence-corrected chi connectivity index (χ2v) is 6.07. The normalized spacial score (nSPS) is 21.5. The van der Waals surface area contributed by atoms with E-state index in [4.69, 9.17) is 0 Å². The van der Waals surface area contributed by atoms with E-state index in [-0.39, 0.29) is 16.2 Å². The molecule has 0 amide bonds. The molecule has 0 radical (unpaired) electrons. The quantitative estimate of drug-likeness (QED) is 0.844. The van der Waals surface area contributed by atoms with Gasteiger partial charge >= 0.3 is 0 Å². The minimum Gasteiger partial charge on any atom is -0.309 e. The smallest absolute Gasteiger partial charge is 0.183 e. The van der Waals surface area contributed by atoms with Crippen molar-refractivity contribution in [3.05, 3.63) is 29.3 Å². The molecule has 0 saturated heterocycles. The number of sulfone groups is 1. The molecule has 2 rings (SSSR count). The van der Waals surface area contributed by atoms with E-state index in [1.54, 1.807) is 0 Å². The number of rotatable bonds is 3. The predicted molar refractivity (Wildman–Crippen MR) is 59.4 cm³/mol. The molecular weight excluding hydrogens is 248 g/mol. The number of halogens is 2. The molecule has 1 atom stereocenters. The van der Waals surface area contributed by atoms with Gasteiger partial charge in [-0.3, -0.25) is 0 Å². The van der Waals surface area contributed by atoms with Crippen LogP contribution < -0.4 is 5.32 Å². The Morgan fingerprint density at radius 1 is 1.41 bits per heavy atom. The van der Waals surface area contributed by atoms with E-state index in [1.807, 2.05) is 6.92 Å². The van der Waals surface area contributed by atoms with Crippen LogP contribution in [0.5, 0.6) is 0 Å². The first kappa shape index (κ1) is 12.4. The van der Waals surface area contributed by atoms with Crippen molar-refractivity contribution in [1.29, 1.82) is 0 Å². The second kappa shape index (κ2) is 4.34. The zero-order chi connectivity index (χ0) is 12.6. The Bertz CT molecular complexity index is 543. The minimum absolute atomic E-state index is 0.205. The summed E-state index contributed by atoms with van der Waals surface area (Å²) in [5, 5.41) is 2.99. The summed E-state index contributed by atoms with van der Waals surface area (Å²) in [4.78, 5) is -0.354. The summed E-state index contributed by atoms with van der Waals surface area (Å²) in [6, 6.07) is 1.19. The largest absolute Gasteiger partial charge is 0.309 e. The molecule has 0 aliphatic carbocycles. The number of hydrogen-bond acceptors (Lipinski definition) is 3. The van der Waals surface area contributed by atoms with Crippen molar-refractivity contribution in [2.75, 3.05) is 12.3 Å². The maximum absolute atomic E-state index is 13.5. The zero-order valence-electron chi connectivity index (χ0n) is 9.33. The predicted octanol–water partition coefficient (Wildman–Crippen LogP) is 1.79. The maximum Gasteiger partial charge on any atom is 0.183 e. The van der Waals surface area contributed by atoms with Gasteiger partial charge in [-0.2, -0.15) is 0 Å². The summed E-state index contributed by atoms with van der Waals surface area (Å²) in [5.41, 5.74) is 0.205. The topological polar surface area (TPSA) is 46.2 Å². The molecule has 1 unspecified atom stereocenters. The van der Waals surface area contributed by atoms with Crippen LogP contribution in [0.1, 0.15) is 24.9 Å². The first-order chi connectivity index (χ1) is 7.95. The summed E-state index contributed by atoms with van der Waals surface area (Å²) in [6.07, 6.45) is 0.823. The summed E-state index contributed by atoms with van der Waals surface area (Å²) in [7, 11) is -3.64. The van der Waals surface area contributed by atoms with Gasteiger partial charge in [-0.05, 0) is 24.6 Å². The standard InChI is InChI=1S/C11H13F2NO2S/c1-2-3-14-10-6-17(15,16)11-8(10)4-7(12)5-9(11)13/h4-5,10,14H,2-3,6H2,1H3. The van der Waals surface area contributed by atoms with Crippen LogP contribution in [0.15, 0.2) is 17.0 Å². The molecule has 6 heteroatoms. The van der Waals surface area contributed by atoms with Crippen molar-refractivity contribution in [1.82, 2.24) is 5.32 Å². The lowest BCUT2D eigenvalue weighted by atomic mass is 10.1. The Balaban J connectivity index is 2.50. The summed E-state index contributed by atoms with van der Waals surface area (Å²) >= 11 is 0. The molecule has 1 N–H and O–H groups in total. The lowest BCUT2D eigenvalue weighted by molar-refractivity contribution is 0.537. The highest BCUT2D eigenvalue weighted by Crippen LogP contribution is 2.35. The van der Waals surface area contributed by atoms with E-state index in [1.165, 1.54) is 0 Å². The average molecular weight is 261 g/mol. The van der Waals surface area contributed by atoms with Crippen LogP contribution in [-0.2, 0) is 9.84 Å². The SMILES string of the molecule is CCCNC1CS(=O)(=O)c2c(F)cc(F)cc21. The molecule has 1 aromatic rings. The van der Waals surface area contributed by atoms with Gasteiger partial charge in [0.15, 0.2) is 9.84 Å². The molecule has 1 aliphatic heterocycles. The molecule has 0 bridgehead atoms. The fourth-order valence-corrected chi connectivity index (χ4v) is 3.87. The van der Waals surface area contributed by atoms with Crippen LogP contribution in [0.25, 0.3) is 0 Å². The van der Waals surface area contributed by atoms with Gasteiger partial charge in [0, 0.05) is 12.1 Å². The molecule has 0 aromatic heterocycles. The van der Waals surface area contributed by atoms with Crippen LogP contribution in [0.3, 0.4) is 0 Å². The van der Waals surface area contributed by atoms with Gasteiger partial charge in [0.1, 0.15) is 16.5 Å². The van der Waals surface area contributed by atoms with Crippen LogP contribution in [-0.4, -0.2) is 20.7 Å². The Hall–Kier alpha value is -1.01. The van der Waals surface area contributed by atoms with Gasteiger partial charge in [-0.1, -0.05) is 6.92 Å². The highest BCUT2D eigenvalue weighted by Gasteiger charge is 2.37. The van der Waals surface area contributed by atoms with Crippen molar-refractivity contribution in [3.8, 4) is 0 Å². The van der Waals surface area contributed by atoms with E-state index in [0.29, 0.717) is 12.6 Å². The van der Waals surface area contributed by atoms with Crippen molar-refractivity contribution >= 4 is 9.84 Å². The third-order valence-electron chi connectivity index (χ3n) is 2.75. The van der Waals surface area contributed by atoms with Gasteiger partial charge < -0.3 is 5.32 Å². The monoisotopic (exact) mass is 261 g/mol. The summed E-state index contributed by atoms with van der Waals surface area (Å²) in [6.45, 7) is 2.54. The van der Waals surface area contributed by atoms with Gasteiger partial charge in [-0.25, -0.2) is 17.2 Å². The highest BCUT2D eigenvalue weighted by atomic mass is 32.2. The molecule has 1 aromatic carbocycles. The molecule has 0 spiro atoms. The van der Waals surface area contributed by atoms with Gasteiger partial charge in [0.2, 0.25) is 0 Å². The third kappa shape index (κ3) is 2.19. The molecule has 3 nitrogen and oxygen atoms in total. The number of fused-ring (bicyclic) bond motifs is 1. The van der Waals surface area contributed by atoms with E-state index in [9.17, 15) is 17.2 Å². The number of nitrogens with one attached hydrogen (secondary N) is 1. The summed E-state index contributed by atoms with van der Waals surface area (Å²) in [5.74, 6) is -1.95. The number of benzene rings is 1. The van der Waals surface area contributed by atoms with Gasteiger partial charge in [0.25, 0.3) is 0 Å². The fourth-order valence-electron chi connectivity index (χ4n) is 2.05. The summed E-state index contributed by atoms with van der Waals surface area (Å²) < 4.78 is 50.1. The van der Waals surface area contributed by atoms with E-state index in [2.05, 4.69) is 5.32 Å². The lowest BCUT2D eigenvalue weighted by Gasteiger charge is -2.11. The first-order valence-corrected chi connectivity index (χ1v) is 7.06. The zero-order valence-corrected chi connectivity index (χ0v) is 10.2. The van der Waals surface area contributed by atoms with Gasteiger partial charge in [-0.15, -0.1) is 0 Å². The van der Waals surface area contributed by atoms with E-state index in [0.717, 1.165) is 12.5 Å². The Morgan fingerprint density at radius 3 is 2.76 bits per heavy atom. The van der Waals surface area contributed by atoms with Crippen molar-refractivity contribution in [2.24, 2.45) is 0 Å². The van der Waals surface area contributed by atoms with Gasteiger partial charge in [0.05, 0.1) is 5.75 Å². The van der Waals surface area contributed by atoms with E-state index >= 15 is 0 Å². The minimum atomic E-state index is -3.64. The first-order valence-electron chi connectivity index (χ1n) is 5.41. The van der Waals surface area contributed by atoms with Crippen molar-refractivity contribution < 1.29 is 17.2 Å². The average Bonchev–Trinajstić information content (AvgIpc) is 2.46. The Morgan fingerprint density at radius 2 is 2.12 bits per heavy atom. The van der Waals surface area contributed by atoms with Crippen LogP contribution in [0.2, 0.25) is 0 Å². The van der Waals surface area contributed by atoms with Crippen molar-refractivity contribution in [3.63, 3.8) is 0 Å². The maximum atomic E-state index is 13.5. The van der Waals surface area contributed by atoms with Crippen LogP contribution in [0, 0.1) is 11.6 Å². The third-order valence-corrected chi connectivity index (χ3v) is 4.58. The highest BCUT2D eigenvalue weighted by molar-refractivity contribution is 7.91.